The van der Waals surface area contributed by atoms with Crippen molar-refractivity contribution in [2.45, 2.75) is 23.5 Å². The standard InChI is InChI=1S/C39H38N4O7S2/c1-6-35(38(46)43-39-42-30(23-51-39)26-16-18-32(48-3)34(21-26)50-5)52-28-14-10-13-27(22-28)40-37(45)29(41-36(44)25-11-8-7-9-12-25)19-24-15-17-31(47-2)33(20-24)49-4/h7-23,35H,6H2,1-5H3,(H,40,45)(H,41,44)(H,42,43,46)/b29-19+. The molecule has 13 heteroatoms. The Bertz CT molecular complexity index is 2070. The van der Waals surface area contributed by atoms with Crippen LogP contribution < -0.4 is 34.9 Å². The first-order valence-corrected chi connectivity index (χ1v) is 17.9. The van der Waals surface area contributed by atoms with Crippen LogP contribution in [0.25, 0.3) is 17.3 Å². The summed E-state index contributed by atoms with van der Waals surface area (Å²) < 4.78 is 21.5. The van der Waals surface area contributed by atoms with Gasteiger partial charge in [-0.25, -0.2) is 4.98 Å². The summed E-state index contributed by atoms with van der Waals surface area (Å²) in [6.07, 6.45) is 2.11. The van der Waals surface area contributed by atoms with Crippen molar-refractivity contribution in [3.63, 3.8) is 0 Å². The van der Waals surface area contributed by atoms with Crippen molar-refractivity contribution in [1.82, 2.24) is 10.3 Å². The third-order valence-corrected chi connectivity index (χ3v) is 9.81. The quantitative estimate of drug-likeness (QED) is 0.0727. The molecule has 0 spiro atoms. The van der Waals surface area contributed by atoms with E-state index in [4.69, 9.17) is 18.9 Å². The zero-order chi connectivity index (χ0) is 37.0. The zero-order valence-electron chi connectivity index (χ0n) is 29.2. The minimum Gasteiger partial charge on any atom is -0.493 e. The van der Waals surface area contributed by atoms with E-state index in [-0.39, 0.29) is 11.6 Å². The summed E-state index contributed by atoms with van der Waals surface area (Å²) in [4.78, 5) is 45.6. The Labute approximate surface area is 310 Å². The second kappa shape index (κ2) is 17.9. The summed E-state index contributed by atoms with van der Waals surface area (Å²) >= 11 is 2.70. The van der Waals surface area contributed by atoms with Crippen LogP contribution >= 0.6 is 23.1 Å². The van der Waals surface area contributed by atoms with Crippen molar-refractivity contribution >= 4 is 57.7 Å². The molecule has 0 aliphatic rings. The molecule has 1 atom stereocenters. The Morgan fingerprint density at radius 3 is 2.17 bits per heavy atom. The van der Waals surface area contributed by atoms with Crippen molar-refractivity contribution in [2.24, 2.45) is 0 Å². The lowest BCUT2D eigenvalue weighted by atomic mass is 10.1. The average molecular weight is 739 g/mol. The van der Waals surface area contributed by atoms with E-state index >= 15 is 0 Å². The van der Waals surface area contributed by atoms with Crippen molar-refractivity contribution in [1.29, 1.82) is 0 Å². The molecule has 0 aliphatic heterocycles. The number of aromatic nitrogens is 1. The van der Waals surface area contributed by atoms with Gasteiger partial charge in [-0.1, -0.05) is 37.3 Å². The van der Waals surface area contributed by atoms with Gasteiger partial charge in [-0.3, -0.25) is 14.4 Å². The number of nitrogens with one attached hydrogen (secondary N) is 3. The topological polar surface area (TPSA) is 137 Å². The highest BCUT2D eigenvalue weighted by Gasteiger charge is 2.21. The molecule has 0 saturated carbocycles. The third kappa shape index (κ3) is 9.50. The van der Waals surface area contributed by atoms with Crippen LogP contribution in [0.4, 0.5) is 10.8 Å². The molecule has 268 valence electrons. The number of carbonyl (C=O) groups excluding carboxylic acids is 3. The van der Waals surface area contributed by atoms with Crippen molar-refractivity contribution < 1.29 is 33.3 Å². The van der Waals surface area contributed by atoms with E-state index in [1.54, 1.807) is 87.0 Å². The maximum absolute atomic E-state index is 13.7. The molecule has 5 aromatic rings. The number of thiazole rings is 1. The molecule has 1 unspecified atom stereocenters. The van der Waals surface area contributed by atoms with Crippen molar-refractivity contribution in [3.8, 4) is 34.3 Å². The smallest absolute Gasteiger partial charge is 0.272 e. The lowest BCUT2D eigenvalue weighted by molar-refractivity contribution is -0.116. The number of carbonyl (C=O) groups is 3. The lowest BCUT2D eigenvalue weighted by Crippen LogP contribution is -2.30. The Morgan fingerprint density at radius 2 is 1.48 bits per heavy atom. The first-order chi connectivity index (χ1) is 25.2. The lowest BCUT2D eigenvalue weighted by Gasteiger charge is -2.15. The van der Waals surface area contributed by atoms with Gasteiger partial charge < -0.3 is 34.9 Å². The number of ether oxygens (including phenoxy) is 4. The SMILES string of the molecule is CCC(Sc1cccc(NC(=O)/C(=C\c2ccc(OC)c(OC)c2)NC(=O)c2ccccc2)c1)C(=O)Nc1nc(-c2ccc(OC)c(OC)c2)cs1. The Hall–Kier alpha value is -5.79. The van der Waals surface area contributed by atoms with Gasteiger partial charge in [-0.05, 0) is 78.7 Å². The largest absolute Gasteiger partial charge is 0.493 e. The van der Waals surface area contributed by atoms with Gasteiger partial charge in [0, 0.05) is 27.1 Å². The molecule has 0 radical (unpaired) electrons. The van der Waals surface area contributed by atoms with Gasteiger partial charge in [-0.2, -0.15) is 0 Å². The van der Waals surface area contributed by atoms with Crippen LogP contribution in [0.2, 0.25) is 0 Å². The van der Waals surface area contributed by atoms with Gasteiger partial charge in [0.25, 0.3) is 11.8 Å². The van der Waals surface area contributed by atoms with Crippen molar-refractivity contribution in [2.75, 3.05) is 39.1 Å². The number of amides is 3. The monoisotopic (exact) mass is 738 g/mol. The summed E-state index contributed by atoms with van der Waals surface area (Å²) in [6, 6.07) is 26.5. The predicted molar refractivity (Wildman–Crippen MR) is 206 cm³/mol. The molecule has 4 aromatic carbocycles. The first-order valence-electron chi connectivity index (χ1n) is 16.1. The summed E-state index contributed by atoms with van der Waals surface area (Å²) in [5.41, 5.74) is 3.03. The first kappa shape index (κ1) is 37.5. The molecule has 52 heavy (non-hydrogen) atoms. The van der Waals surface area contributed by atoms with E-state index in [1.165, 1.54) is 37.3 Å². The van der Waals surface area contributed by atoms with E-state index in [0.29, 0.717) is 57.1 Å². The Morgan fingerprint density at radius 1 is 0.788 bits per heavy atom. The van der Waals surface area contributed by atoms with E-state index < -0.39 is 17.1 Å². The molecule has 0 saturated heterocycles. The highest BCUT2D eigenvalue weighted by atomic mass is 32.2. The molecular weight excluding hydrogens is 701 g/mol. The van der Waals surface area contributed by atoms with E-state index in [2.05, 4.69) is 20.9 Å². The number of rotatable bonds is 15. The Kier molecular flexibility index (Phi) is 12.9. The van der Waals surface area contributed by atoms with Gasteiger partial charge in [0.05, 0.1) is 39.4 Å². The number of hydrogen-bond donors (Lipinski definition) is 3. The minimum absolute atomic E-state index is 0.0147. The molecule has 0 bridgehead atoms. The number of methoxy groups -OCH3 is 4. The van der Waals surface area contributed by atoms with E-state index in [1.807, 2.05) is 36.6 Å². The van der Waals surface area contributed by atoms with Gasteiger partial charge in [-0.15, -0.1) is 23.1 Å². The van der Waals surface area contributed by atoms with Gasteiger partial charge >= 0.3 is 0 Å². The summed E-state index contributed by atoms with van der Waals surface area (Å²) in [7, 11) is 6.20. The number of hydrogen-bond acceptors (Lipinski definition) is 10. The maximum atomic E-state index is 13.7. The molecule has 11 nitrogen and oxygen atoms in total. The fourth-order valence-electron chi connectivity index (χ4n) is 5.03. The van der Waals surface area contributed by atoms with Gasteiger partial charge in [0.1, 0.15) is 5.70 Å². The molecule has 1 heterocycles. The molecule has 3 amide bonds. The fourth-order valence-corrected chi connectivity index (χ4v) is 6.76. The summed E-state index contributed by atoms with van der Waals surface area (Å²) in [5.74, 6) is 1.01. The van der Waals surface area contributed by atoms with Crippen LogP contribution in [0.5, 0.6) is 23.0 Å². The maximum Gasteiger partial charge on any atom is 0.272 e. The normalized spacial score (nSPS) is 11.6. The van der Waals surface area contributed by atoms with Crippen LogP contribution in [-0.2, 0) is 9.59 Å². The number of anilines is 2. The van der Waals surface area contributed by atoms with E-state index in [0.717, 1.165) is 10.5 Å². The molecule has 1 aromatic heterocycles. The van der Waals surface area contributed by atoms with Crippen LogP contribution in [0.1, 0.15) is 29.3 Å². The highest BCUT2D eigenvalue weighted by molar-refractivity contribution is 8.00. The number of nitrogens with zero attached hydrogens (tertiary/aromatic N) is 1. The van der Waals surface area contributed by atoms with Crippen LogP contribution in [0, 0.1) is 0 Å². The van der Waals surface area contributed by atoms with Crippen LogP contribution in [-0.4, -0.2) is 56.4 Å². The number of thioether (sulfide) groups is 1. The van der Waals surface area contributed by atoms with Crippen molar-refractivity contribution in [3.05, 3.63) is 113 Å². The van der Waals surface area contributed by atoms with Gasteiger partial charge in [0.2, 0.25) is 5.91 Å². The second-order valence-corrected chi connectivity index (χ2v) is 13.2. The van der Waals surface area contributed by atoms with E-state index in [9.17, 15) is 14.4 Å². The number of benzene rings is 4. The predicted octanol–water partition coefficient (Wildman–Crippen LogP) is 7.76. The summed E-state index contributed by atoms with van der Waals surface area (Å²) in [5, 5.41) is 10.5. The minimum atomic E-state index is -0.542. The molecule has 5 rings (SSSR count). The van der Waals surface area contributed by atoms with Crippen LogP contribution in [0.15, 0.2) is 107 Å². The third-order valence-electron chi connectivity index (χ3n) is 7.69. The highest BCUT2D eigenvalue weighted by Crippen LogP contribution is 2.34. The van der Waals surface area contributed by atoms with Gasteiger partial charge in [0.15, 0.2) is 28.1 Å². The fraction of sp³-hybridized carbons (Fsp3) is 0.179. The second-order valence-electron chi connectivity index (χ2n) is 11.1. The molecule has 0 aliphatic carbocycles. The zero-order valence-corrected chi connectivity index (χ0v) is 30.9. The Balaban J connectivity index is 1.29. The average Bonchev–Trinajstić information content (AvgIpc) is 3.64. The summed E-state index contributed by atoms with van der Waals surface area (Å²) in [6.45, 7) is 1.93. The molecule has 0 fully saturated rings. The van der Waals surface area contributed by atoms with Crippen LogP contribution in [0.3, 0.4) is 0 Å². The molecular formula is C39H38N4O7S2. The molecule has 3 N–H and O–H groups in total.